The predicted octanol–water partition coefficient (Wildman–Crippen LogP) is 1.71. The van der Waals surface area contributed by atoms with Crippen LogP contribution in [-0.4, -0.2) is 18.0 Å². The van der Waals surface area contributed by atoms with Crippen LogP contribution in [-0.2, 0) is 21.6 Å². The zero-order chi connectivity index (χ0) is 16.3. The number of pyridine rings is 1. The van der Waals surface area contributed by atoms with Gasteiger partial charge in [-0.1, -0.05) is 30.3 Å². The van der Waals surface area contributed by atoms with E-state index in [0.29, 0.717) is 35.4 Å². The summed E-state index contributed by atoms with van der Waals surface area (Å²) in [5.41, 5.74) is 0.689. The molecule has 5 heteroatoms. The number of benzene rings is 1. The Kier molecular flexibility index (Phi) is 4.12. The van der Waals surface area contributed by atoms with Crippen LogP contribution in [0.1, 0.15) is 23.2 Å². The van der Waals surface area contributed by atoms with Crippen LogP contribution in [0, 0.1) is 5.21 Å². The van der Waals surface area contributed by atoms with Gasteiger partial charge in [-0.15, -0.1) is 0 Å². The van der Waals surface area contributed by atoms with Gasteiger partial charge in [0.2, 0.25) is 0 Å². The van der Waals surface area contributed by atoms with Crippen molar-refractivity contribution in [3.05, 3.63) is 76.8 Å². The van der Waals surface area contributed by atoms with Gasteiger partial charge in [-0.25, -0.2) is 0 Å². The molecule has 5 nitrogen and oxygen atoms in total. The van der Waals surface area contributed by atoms with Gasteiger partial charge in [-0.05, 0) is 24.1 Å². The van der Waals surface area contributed by atoms with Gasteiger partial charge in [0.15, 0.2) is 12.0 Å². The number of fused-ring (bicyclic) bond motifs is 1. The van der Waals surface area contributed by atoms with E-state index in [2.05, 4.69) is 0 Å². The second-order valence-corrected chi connectivity index (χ2v) is 5.58. The van der Waals surface area contributed by atoms with Crippen molar-refractivity contribution in [3.63, 3.8) is 0 Å². The van der Waals surface area contributed by atoms with Crippen LogP contribution >= 0.6 is 0 Å². The lowest BCUT2D eigenvalue weighted by Gasteiger charge is -2.30. The maximum absolute atomic E-state index is 12.2. The molecule has 118 valence electrons. The van der Waals surface area contributed by atoms with Crippen molar-refractivity contribution in [3.8, 4) is 0 Å². The summed E-state index contributed by atoms with van der Waals surface area (Å²) in [6.45, 7) is -0.0236. The smallest absolute Gasteiger partial charge is 0.262 e. The molecule has 1 heterocycles. The van der Waals surface area contributed by atoms with Crippen LogP contribution in [0.4, 0.5) is 0 Å². The van der Waals surface area contributed by atoms with Crippen LogP contribution in [0.3, 0.4) is 0 Å². The summed E-state index contributed by atoms with van der Waals surface area (Å²) in [7, 11) is 0. The maximum Gasteiger partial charge on any atom is 0.262 e. The lowest BCUT2D eigenvalue weighted by Crippen LogP contribution is -2.42. The molecule has 1 aromatic carbocycles. The molecule has 1 aliphatic carbocycles. The zero-order valence-corrected chi connectivity index (χ0v) is 12.5. The van der Waals surface area contributed by atoms with Crippen LogP contribution < -0.4 is 4.73 Å². The number of rotatable bonds is 5. The molecule has 1 aromatic heterocycles. The van der Waals surface area contributed by atoms with Crippen molar-refractivity contribution < 1.29 is 19.4 Å². The molecule has 23 heavy (non-hydrogen) atoms. The van der Waals surface area contributed by atoms with Crippen LogP contribution in [0.15, 0.2) is 54.7 Å². The van der Waals surface area contributed by atoms with Crippen LogP contribution in [0.25, 0.3) is 5.76 Å². The fraction of sp³-hybridized carbons (Fsp3) is 0.222. The molecule has 0 fully saturated rings. The molecule has 1 N–H and O–H groups in total. The summed E-state index contributed by atoms with van der Waals surface area (Å²) in [4.78, 5) is 11.5. The highest BCUT2D eigenvalue weighted by Gasteiger charge is 2.41. The first-order valence-corrected chi connectivity index (χ1v) is 7.37. The van der Waals surface area contributed by atoms with Gasteiger partial charge in [0.25, 0.3) is 5.69 Å². The summed E-state index contributed by atoms with van der Waals surface area (Å²) in [5, 5.41) is 21.9. The van der Waals surface area contributed by atoms with Gasteiger partial charge in [0, 0.05) is 11.6 Å². The van der Waals surface area contributed by atoms with Crippen molar-refractivity contribution in [1.29, 1.82) is 0 Å². The third-order valence-electron chi connectivity index (χ3n) is 4.13. The molecule has 1 aliphatic rings. The number of hydrogen-bond acceptors (Lipinski definition) is 4. The highest BCUT2D eigenvalue weighted by Crippen LogP contribution is 2.36. The molecule has 0 saturated heterocycles. The third kappa shape index (κ3) is 2.71. The summed E-state index contributed by atoms with van der Waals surface area (Å²) in [6, 6.07) is 12.9. The standard InChI is InChI=1S/C18H17NO4/c20-12-18(13-21)9-8-16(17-15(18)7-4-10-19(17)22)23-11-14-5-2-1-3-6-14/h1-8,10,12,21H,9,11,13H2. The molecule has 0 aliphatic heterocycles. The quantitative estimate of drug-likeness (QED) is 0.518. The Bertz CT molecular complexity index is 742. The Morgan fingerprint density at radius 1 is 1.26 bits per heavy atom. The summed E-state index contributed by atoms with van der Waals surface area (Å²) in [6.07, 6.45) is 4.06. The van der Waals surface area contributed by atoms with Crippen LogP contribution in [0.2, 0.25) is 0 Å². The first-order chi connectivity index (χ1) is 11.2. The SMILES string of the molecule is O=CC1(CO)CC=C(OCc2ccccc2)c2c1ccc[n+]2[O-]. The molecular weight excluding hydrogens is 294 g/mol. The molecule has 0 amide bonds. The largest absolute Gasteiger partial charge is 0.618 e. The Balaban J connectivity index is 1.95. The lowest BCUT2D eigenvalue weighted by atomic mass is 9.75. The lowest BCUT2D eigenvalue weighted by molar-refractivity contribution is -0.609. The Morgan fingerprint density at radius 2 is 2.04 bits per heavy atom. The van der Waals surface area contributed by atoms with E-state index in [1.54, 1.807) is 18.2 Å². The fourth-order valence-corrected chi connectivity index (χ4v) is 2.78. The minimum Gasteiger partial charge on any atom is -0.618 e. The number of carbonyl (C=O) groups excluding carboxylic acids is 1. The molecule has 0 spiro atoms. The van der Waals surface area contributed by atoms with E-state index in [-0.39, 0.29) is 12.3 Å². The highest BCUT2D eigenvalue weighted by atomic mass is 16.5. The van der Waals surface area contributed by atoms with Crippen molar-refractivity contribution in [2.24, 2.45) is 0 Å². The van der Waals surface area contributed by atoms with E-state index in [1.165, 1.54) is 6.20 Å². The first-order valence-electron chi connectivity index (χ1n) is 7.37. The number of allylic oxidation sites excluding steroid dienone is 1. The highest BCUT2D eigenvalue weighted by molar-refractivity contribution is 5.76. The van der Waals surface area contributed by atoms with Crippen LogP contribution in [0.5, 0.6) is 0 Å². The second kappa shape index (κ2) is 6.22. The number of hydrogen-bond donors (Lipinski definition) is 1. The molecule has 2 aromatic rings. The Morgan fingerprint density at radius 3 is 2.74 bits per heavy atom. The summed E-state index contributed by atoms with van der Waals surface area (Å²) in [5.74, 6) is 0.436. The van der Waals surface area contributed by atoms with Gasteiger partial charge in [0.05, 0.1) is 12.0 Å². The third-order valence-corrected chi connectivity index (χ3v) is 4.13. The number of carbonyl (C=O) groups is 1. The topological polar surface area (TPSA) is 73.5 Å². The molecule has 3 rings (SSSR count). The number of aliphatic hydroxyl groups excluding tert-OH is 1. The van der Waals surface area contributed by atoms with E-state index in [9.17, 15) is 15.1 Å². The van der Waals surface area contributed by atoms with E-state index in [4.69, 9.17) is 4.74 Å². The van der Waals surface area contributed by atoms with Gasteiger partial charge >= 0.3 is 0 Å². The minimum atomic E-state index is -1.08. The molecule has 1 atom stereocenters. The van der Waals surface area contributed by atoms with E-state index in [1.807, 2.05) is 30.3 Å². The Labute approximate surface area is 134 Å². The first kappa shape index (κ1) is 15.2. The average Bonchev–Trinajstić information content (AvgIpc) is 2.61. The monoisotopic (exact) mass is 311 g/mol. The normalized spacial score (nSPS) is 19.6. The molecular formula is C18H17NO4. The zero-order valence-electron chi connectivity index (χ0n) is 12.5. The number of aromatic nitrogens is 1. The van der Waals surface area contributed by atoms with Gasteiger partial charge in [0.1, 0.15) is 12.9 Å². The van der Waals surface area contributed by atoms with Gasteiger partial charge in [-0.3, -0.25) is 0 Å². The fourth-order valence-electron chi connectivity index (χ4n) is 2.78. The predicted molar refractivity (Wildman–Crippen MR) is 84.1 cm³/mol. The van der Waals surface area contributed by atoms with Gasteiger partial charge in [-0.2, -0.15) is 4.73 Å². The van der Waals surface area contributed by atoms with E-state index in [0.717, 1.165) is 5.56 Å². The molecule has 0 saturated carbocycles. The van der Waals surface area contributed by atoms with Crippen molar-refractivity contribution in [1.82, 2.24) is 0 Å². The number of aliphatic hydroxyl groups is 1. The maximum atomic E-state index is 12.2. The minimum absolute atomic E-state index is 0.288. The number of ether oxygens (including phenoxy) is 1. The molecule has 1 unspecified atom stereocenters. The van der Waals surface area contributed by atoms with E-state index >= 15 is 0 Å². The number of aldehydes is 1. The van der Waals surface area contributed by atoms with Crippen molar-refractivity contribution in [2.75, 3.05) is 6.61 Å². The van der Waals surface area contributed by atoms with Crippen molar-refractivity contribution in [2.45, 2.75) is 18.4 Å². The molecule has 0 bridgehead atoms. The van der Waals surface area contributed by atoms with E-state index < -0.39 is 5.41 Å². The Hall–Kier alpha value is -2.66. The molecule has 0 radical (unpaired) electrons. The number of nitrogens with zero attached hydrogens (tertiary/aromatic N) is 1. The summed E-state index contributed by atoms with van der Waals surface area (Å²) < 4.78 is 6.48. The van der Waals surface area contributed by atoms with Gasteiger partial charge < -0.3 is 19.8 Å². The van der Waals surface area contributed by atoms with Crippen molar-refractivity contribution >= 4 is 12.0 Å². The second-order valence-electron chi connectivity index (χ2n) is 5.58. The summed E-state index contributed by atoms with van der Waals surface area (Å²) >= 11 is 0. The average molecular weight is 311 g/mol.